The van der Waals surface area contributed by atoms with Crippen LogP contribution in [0.2, 0.25) is 5.02 Å². The molecule has 6 heteroatoms. The molecule has 1 N–H and O–H groups in total. The van der Waals surface area contributed by atoms with Crippen LogP contribution in [-0.2, 0) is 4.79 Å². The van der Waals surface area contributed by atoms with Gasteiger partial charge >= 0.3 is 0 Å². The lowest BCUT2D eigenvalue weighted by atomic mass is 10.2. The third kappa shape index (κ3) is 2.80. The SMILES string of the molecule is CC(C)C(=O)Nc1ccc2c(c1)nnn2-c1ccc(Cl)cc1. The molecule has 3 aromatic rings. The van der Waals surface area contributed by atoms with Gasteiger partial charge in [-0.2, -0.15) is 0 Å². The number of nitrogens with zero attached hydrogens (tertiary/aromatic N) is 3. The number of hydrogen-bond acceptors (Lipinski definition) is 3. The molecule has 0 bridgehead atoms. The van der Waals surface area contributed by atoms with Crippen molar-refractivity contribution in [1.82, 2.24) is 15.0 Å². The third-order valence-corrected chi connectivity index (χ3v) is 3.56. The smallest absolute Gasteiger partial charge is 0.226 e. The number of carbonyl (C=O) groups excluding carboxylic acids is 1. The van der Waals surface area contributed by atoms with Gasteiger partial charge in [0, 0.05) is 16.6 Å². The van der Waals surface area contributed by atoms with E-state index < -0.39 is 0 Å². The van der Waals surface area contributed by atoms with Crippen molar-refractivity contribution in [2.45, 2.75) is 13.8 Å². The number of rotatable bonds is 3. The van der Waals surface area contributed by atoms with Crippen LogP contribution in [0.4, 0.5) is 5.69 Å². The first-order valence-electron chi connectivity index (χ1n) is 6.97. The van der Waals surface area contributed by atoms with Gasteiger partial charge < -0.3 is 5.32 Å². The molecule has 3 rings (SSSR count). The Labute approximate surface area is 132 Å². The summed E-state index contributed by atoms with van der Waals surface area (Å²) in [5, 5.41) is 11.8. The predicted molar refractivity (Wildman–Crippen MR) is 87.3 cm³/mol. The number of aromatic nitrogens is 3. The number of halogens is 1. The zero-order chi connectivity index (χ0) is 15.7. The van der Waals surface area contributed by atoms with Gasteiger partial charge in [-0.3, -0.25) is 4.79 Å². The van der Waals surface area contributed by atoms with Crippen LogP contribution in [0.5, 0.6) is 0 Å². The zero-order valence-corrected chi connectivity index (χ0v) is 13.0. The highest BCUT2D eigenvalue weighted by molar-refractivity contribution is 6.30. The van der Waals surface area contributed by atoms with Crippen molar-refractivity contribution < 1.29 is 4.79 Å². The maximum atomic E-state index is 11.7. The van der Waals surface area contributed by atoms with E-state index in [1.165, 1.54) is 0 Å². The molecule has 1 amide bonds. The van der Waals surface area contributed by atoms with Crippen molar-refractivity contribution >= 4 is 34.2 Å². The molecule has 0 saturated heterocycles. The lowest BCUT2D eigenvalue weighted by molar-refractivity contribution is -0.118. The molecule has 0 atom stereocenters. The summed E-state index contributed by atoms with van der Waals surface area (Å²) in [6.45, 7) is 3.70. The fraction of sp³-hybridized carbons (Fsp3) is 0.188. The fourth-order valence-electron chi connectivity index (χ4n) is 2.06. The molecule has 0 aliphatic carbocycles. The highest BCUT2D eigenvalue weighted by atomic mass is 35.5. The van der Waals surface area contributed by atoms with Crippen LogP contribution in [0.25, 0.3) is 16.7 Å². The summed E-state index contributed by atoms with van der Waals surface area (Å²) in [5.41, 5.74) is 3.18. The van der Waals surface area contributed by atoms with Crippen LogP contribution >= 0.6 is 11.6 Å². The molecule has 0 fully saturated rings. The van der Waals surface area contributed by atoms with E-state index in [9.17, 15) is 4.79 Å². The fourth-order valence-corrected chi connectivity index (χ4v) is 2.19. The standard InChI is InChI=1S/C16H15ClN4O/c1-10(2)16(22)18-12-5-8-15-14(9-12)19-20-21(15)13-6-3-11(17)4-7-13/h3-10H,1-2H3,(H,18,22). The molecular weight excluding hydrogens is 300 g/mol. The Morgan fingerprint density at radius 1 is 1.18 bits per heavy atom. The van der Waals surface area contributed by atoms with Gasteiger partial charge in [0.1, 0.15) is 5.52 Å². The quantitative estimate of drug-likeness (QED) is 0.802. The molecule has 1 heterocycles. The van der Waals surface area contributed by atoms with E-state index >= 15 is 0 Å². The summed E-state index contributed by atoms with van der Waals surface area (Å²) in [5.74, 6) is -0.0927. The maximum Gasteiger partial charge on any atom is 0.226 e. The highest BCUT2D eigenvalue weighted by Crippen LogP contribution is 2.21. The molecule has 0 aliphatic heterocycles. The van der Waals surface area contributed by atoms with Crippen LogP contribution in [0.1, 0.15) is 13.8 Å². The van der Waals surface area contributed by atoms with E-state index in [2.05, 4.69) is 15.6 Å². The van der Waals surface area contributed by atoms with E-state index in [4.69, 9.17) is 11.6 Å². The molecule has 0 unspecified atom stereocenters. The monoisotopic (exact) mass is 314 g/mol. The third-order valence-electron chi connectivity index (χ3n) is 3.31. The van der Waals surface area contributed by atoms with Gasteiger partial charge in [-0.1, -0.05) is 30.7 Å². The number of anilines is 1. The average molecular weight is 315 g/mol. The molecule has 0 spiro atoms. The topological polar surface area (TPSA) is 59.8 Å². The molecule has 5 nitrogen and oxygen atoms in total. The highest BCUT2D eigenvalue weighted by Gasteiger charge is 2.10. The lowest BCUT2D eigenvalue weighted by Gasteiger charge is -2.07. The van der Waals surface area contributed by atoms with Crippen molar-refractivity contribution in [2.75, 3.05) is 5.32 Å². The first kappa shape index (κ1) is 14.5. The number of fused-ring (bicyclic) bond motifs is 1. The second-order valence-electron chi connectivity index (χ2n) is 5.33. The van der Waals surface area contributed by atoms with E-state index in [-0.39, 0.29) is 11.8 Å². The molecule has 2 aromatic carbocycles. The Morgan fingerprint density at radius 2 is 1.91 bits per heavy atom. The van der Waals surface area contributed by atoms with Gasteiger partial charge in [-0.15, -0.1) is 5.10 Å². The summed E-state index contributed by atoms with van der Waals surface area (Å²) < 4.78 is 1.74. The lowest BCUT2D eigenvalue weighted by Crippen LogP contribution is -2.17. The molecule has 0 saturated carbocycles. The van der Waals surface area contributed by atoms with Crippen molar-refractivity contribution in [2.24, 2.45) is 5.92 Å². The normalized spacial score (nSPS) is 11.1. The molecule has 22 heavy (non-hydrogen) atoms. The van der Waals surface area contributed by atoms with Crippen molar-refractivity contribution in [3.05, 3.63) is 47.5 Å². The molecule has 0 radical (unpaired) electrons. The summed E-state index contributed by atoms with van der Waals surface area (Å²) in [4.78, 5) is 11.7. The van der Waals surface area contributed by atoms with Crippen LogP contribution in [-0.4, -0.2) is 20.9 Å². The van der Waals surface area contributed by atoms with Crippen LogP contribution in [0.3, 0.4) is 0 Å². The first-order valence-corrected chi connectivity index (χ1v) is 7.34. The number of carbonyl (C=O) groups is 1. The average Bonchev–Trinajstić information content (AvgIpc) is 2.91. The minimum absolute atomic E-state index is 0.0237. The minimum atomic E-state index is -0.0690. The second kappa shape index (κ2) is 5.77. The number of nitrogens with one attached hydrogen (secondary N) is 1. The van der Waals surface area contributed by atoms with E-state index in [1.54, 1.807) is 4.68 Å². The zero-order valence-electron chi connectivity index (χ0n) is 12.2. The summed E-state index contributed by atoms with van der Waals surface area (Å²) in [6.07, 6.45) is 0. The van der Waals surface area contributed by atoms with E-state index in [1.807, 2.05) is 56.3 Å². The van der Waals surface area contributed by atoms with Gasteiger partial charge in [-0.05, 0) is 42.5 Å². The summed E-state index contributed by atoms with van der Waals surface area (Å²) >= 11 is 5.90. The van der Waals surface area contributed by atoms with Gasteiger partial charge in [0.25, 0.3) is 0 Å². The molecule has 112 valence electrons. The summed E-state index contributed by atoms with van der Waals surface area (Å²) in [6, 6.07) is 12.9. The molecule has 1 aromatic heterocycles. The van der Waals surface area contributed by atoms with E-state index in [0.29, 0.717) is 10.7 Å². The van der Waals surface area contributed by atoms with Crippen LogP contribution in [0, 0.1) is 5.92 Å². The van der Waals surface area contributed by atoms with Gasteiger partial charge in [0.2, 0.25) is 5.91 Å². The van der Waals surface area contributed by atoms with Gasteiger partial charge in [-0.25, -0.2) is 4.68 Å². The Kier molecular flexibility index (Phi) is 3.81. The van der Waals surface area contributed by atoms with Crippen LogP contribution < -0.4 is 5.32 Å². The Balaban J connectivity index is 1.96. The van der Waals surface area contributed by atoms with Crippen LogP contribution in [0.15, 0.2) is 42.5 Å². The number of amides is 1. The van der Waals surface area contributed by atoms with Crippen molar-refractivity contribution in [3.8, 4) is 5.69 Å². The van der Waals surface area contributed by atoms with Crippen molar-refractivity contribution in [3.63, 3.8) is 0 Å². The Morgan fingerprint density at radius 3 is 2.59 bits per heavy atom. The Hall–Kier alpha value is -2.40. The minimum Gasteiger partial charge on any atom is -0.326 e. The number of benzene rings is 2. The first-order chi connectivity index (χ1) is 10.5. The molecular formula is C16H15ClN4O. The summed E-state index contributed by atoms with van der Waals surface area (Å²) in [7, 11) is 0. The largest absolute Gasteiger partial charge is 0.326 e. The van der Waals surface area contributed by atoms with Crippen molar-refractivity contribution in [1.29, 1.82) is 0 Å². The second-order valence-corrected chi connectivity index (χ2v) is 5.76. The van der Waals surface area contributed by atoms with Gasteiger partial charge in [0.05, 0.1) is 11.2 Å². The van der Waals surface area contributed by atoms with Gasteiger partial charge in [0.15, 0.2) is 0 Å². The van der Waals surface area contributed by atoms with E-state index in [0.717, 1.165) is 16.7 Å². The molecule has 0 aliphatic rings. The number of hydrogen-bond donors (Lipinski definition) is 1. The Bertz CT molecular complexity index is 824. The maximum absolute atomic E-state index is 11.7. The predicted octanol–water partition coefficient (Wildman–Crippen LogP) is 3.67.